The normalized spacial score (nSPS) is 27.7. The van der Waals surface area contributed by atoms with Gasteiger partial charge in [-0.15, -0.1) is 11.8 Å². The fourth-order valence-electron chi connectivity index (χ4n) is 4.60. The average molecular weight is 351 g/mol. The highest BCUT2D eigenvalue weighted by Crippen LogP contribution is 2.64. The second-order valence-electron chi connectivity index (χ2n) is 8.62. The van der Waals surface area contributed by atoms with Crippen molar-refractivity contribution in [2.45, 2.75) is 106 Å². The van der Waals surface area contributed by atoms with Gasteiger partial charge in [0.2, 0.25) is 0 Å². The zero-order valence-electron chi connectivity index (χ0n) is 15.4. The van der Waals surface area contributed by atoms with Crippen molar-refractivity contribution in [1.29, 1.82) is 0 Å². The third kappa shape index (κ3) is 4.88. The molecule has 2 saturated carbocycles. The maximum atomic E-state index is 2.54. The van der Waals surface area contributed by atoms with Crippen LogP contribution in [0.4, 0.5) is 0 Å². The van der Waals surface area contributed by atoms with E-state index in [0.717, 1.165) is 11.3 Å². The minimum absolute atomic E-state index is 0.0874. The molecule has 0 radical (unpaired) electrons. The van der Waals surface area contributed by atoms with E-state index in [1.807, 2.05) is 5.31 Å². The number of rotatable bonds is 4. The van der Waals surface area contributed by atoms with Crippen LogP contribution in [-0.2, 0) is 0 Å². The summed E-state index contributed by atoms with van der Waals surface area (Å²) in [5.41, 5.74) is 2.08. The molecule has 2 fully saturated rings. The minimum atomic E-state index is 0.0874. The highest BCUT2D eigenvalue weighted by Gasteiger charge is 2.37. The number of hydrogen-bond acceptors (Lipinski definition) is 1. The zero-order valence-corrected chi connectivity index (χ0v) is 17.1. The van der Waals surface area contributed by atoms with Gasteiger partial charge in [-0.25, -0.2) is 0 Å². The second-order valence-corrected chi connectivity index (χ2v) is 13.4. The van der Waals surface area contributed by atoms with Crippen LogP contribution in [0.25, 0.3) is 0 Å². The molecule has 3 aliphatic carbocycles. The van der Waals surface area contributed by atoms with Gasteiger partial charge < -0.3 is 0 Å². The molecule has 0 heterocycles. The van der Waals surface area contributed by atoms with Crippen LogP contribution in [0.5, 0.6) is 0 Å². The predicted octanol–water partition coefficient (Wildman–Crippen LogP) is 7.49. The second kappa shape index (κ2) is 8.09. The lowest BCUT2D eigenvalue weighted by molar-refractivity contribution is 0.486. The van der Waals surface area contributed by atoms with Gasteiger partial charge >= 0.3 is 0 Å². The van der Waals surface area contributed by atoms with Crippen molar-refractivity contribution in [3.8, 4) is 0 Å². The highest BCUT2D eigenvalue weighted by atomic mass is 32.2. The number of thioether (sulfide) groups is 1. The maximum Gasteiger partial charge on any atom is 0.0490 e. The molecule has 2 heteroatoms. The first-order valence-corrected chi connectivity index (χ1v) is 12.2. The van der Waals surface area contributed by atoms with Crippen LogP contribution in [0.2, 0.25) is 0 Å². The topological polar surface area (TPSA) is 0 Å². The molecule has 0 N–H and O–H groups in total. The monoisotopic (exact) mass is 350 g/mol. The molecule has 0 bridgehead atoms. The summed E-state index contributed by atoms with van der Waals surface area (Å²) < 4.78 is 0.360. The summed E-state index contributed by atoms with van der Waals surface area (Å²) in [6.45, 7) is 7.14. The average Bonchev–Trinajstić information content (AvgIpc) is 2.96. The molecular weight excluding hydrogens is 315 g/mol. The summed E-state index contributed by atoms with van der Waals surface area (Å²) in [7, 11) is 0.0874. The Bertz CT molecular complexity index is 415. The smallest absolute Gasteiger partial charge is 0.0490 e. The largest absolute Gasteiger partial charge is 0.144 e. The first-order chi connectivity index (χ1) is 11.0. The number of hydrogen-bond donors (Lipinski definition) is 0. The third-order valence-electron chi connectivity index (χ3n) is 5.56. The standard InChI is InChI=1S/C21H35PS/c1-21(2,3)23-20-16-10-15-19(20)22(17-11-6-4-7-12-17)18-13-8-5-9-14-18/h10,15-18,20H,4-9,11-14H2,1-3H3. The predicted molar refractivity (Wildman–Crippen MR) is 109 cm³/mol. The molecular formula is C21H35PS. The van der Waals surface area contributed by atoms with E-state index in [9.17, 15) is 0 Å². The van der Waals surface area contributed by atoms with Gasteiger partial charge in [0.1, 0.15) is 0 Å². The Morgan fingerprint density at radius 1 is 0.870 bits per heavy atom. The fourth-order valence-corrected chi connectivity index (χ4v) is 10.2. The Balaban J connectivity index is 1.79. The fraction of sp³-hybridized carbons (Fsp3) is 0.810. The molecule has 0 aromatic carbocycles. The van der Waals surface area contributed by atoms with Crippen molar-refractivity contribution in [3.63, 3.8) is 0 Å². The molecule has 130 valence electrons. The zero-order chi connectivity index (χ0) is 16.3. The molecule has 0 nitrogen and oxygen atoms in total. The lowest BCUT2D eigenvalue weighted by Crippen LogP contribution is -2.24. The molecule has 0 aliphatic heterocycles. The number of allylic oxidation sites excluding steroid dienone is 2. The van der Waals surface area contributed by atoms with Crippen molar-refractivity contribution < 1.29 is 0 Å². The van der Waals surface area contributed by atoms with E-state index in [-0.39, 0.29) is 7.92 Å². The maximum absolute atomic E-state index is 2.54. The Morgan fingerprint density at radius 3 is 1.87 bits per heavy atom. The van der Waals surface area contributed by atoms with Gasteiger partial charge in [0.25, 0.3) is 0 Å². The van der Waals surface area contributed by atoms with E-state index in [2.05, 4.69) is 50.8 Å². The summed E-state index contributed by atoms with van der Waals surface area (Å²) in [4.78, 5) is 0. The first-order valence-electron chi connectivity index (χ1n) is 9.89. The van der Waals surface area contributed by atoms with Crippen LogP contribution in [0.1, 0.15) is 85.0 Å². The van der Waals surface area contributed by atoms with Crippen molar-refractivity contribution >= 4 is 19.7 Å². The molecule has 3 aliphatic rings. The molecule has 0 aromatic rings. The molecule has 0 amide bonds. The summed E-state index contributed by atoms with van der Waals surface area (Å²) in [6, 6.07) is 0. The lowest BCUT2D eigenvalue weighted by Gasteiger charge is -2.41. The van der Waals surface area contributed by atoms with E-state index in [0.29, 0.717) is 10.00 Å². The Labute approximate surface area is 149 Å². The van der Waals surface area contributed by atoms with Crippen LogP contribution >= 0.6 is 19.7 Å². The van der Waals surface area contributed by atoms with Crippen molar-refractivity contribution in [2.75, 3.05) is 0 Å². The van der Waals surface area contributed by atoms with Gasteiger partial charge in [0, 0.05) is 10.00 Å². The van der Waals surface area contributed by atoms with Gasteiger partial charge in [-0.05, 0) is 42.3 Å². The van der Waals surface area contributed by atoms with Crippen LogP contribution < -0.4 is 0 Å². The van der Waals surface area contributed by atoms with E-state index < -0.39 is 0 Å². The highest BCUT2D eigenvalue weighted by molar-refractivity contribution is 8.02. The van der Waals surface area contributed by atoms with Crippen molar-refractivity contribution in [3.05, 3.63) is 23.5 Å². The Kier molecular flexibility index (Phi) is 6.36. The molecule has 3 rings (SSSR count). The SMILES string of the molecule is CC(C)(C)SC1C=CC=C1P(C1CCCCC1)C1CCCCC1. The van der Waals surface area contributed by atoms with Gasteiger partial charge in [-0.3, -0.25) is 0 Å². The summed E-state index contributed by atoms with van der Waals surface area (Å²) in [5.74, 6) is 0. The van der Waals surface area contributed by atoms with Crippen molar-refractivity contribution in [2.24, 2.45) is 0 Å². The van der Waals surface area contributed by atoms with E-state index >= 15 is 0 Å². The summed E-state index contributed by atoms with van der Waals surface area (Å²) in [6.07, 6.45) is 22.4. The quantitative estimate of drug-likeness (QED) is 0.473. The third-order valence-corrected chi connectivity index (χ3v) is 10.7. The molecule has 1 unspecified atom stereocenters. The van der Waals surface area contributed by atoms with Crippen molar-refractivity contribution in [1.82, 2.24) is 0 Å². The molecule has 0 aromatic heterocycles. The van der Waals surface area contributed by atoms with Crippen LogP contribution in [-0.4, -0.2) is 21.3 Å². The summed E-state index contributed by atoms with van der Waals surface area (Å²) in [5, 5.41) is 2.53. The molecule has 0 spiro atoms. The molecule has 0 saturated heterocycles. The van der Waals surface area contributed by atoms with Gasteiger partial charge in [-0.2, -0.15) is 0 Å². The van der Waals surface area contributed by atoms with Gasteiger partial charge in [0.15, 0.2) is 0 Å². The van der Waals surface area contributed by atoms with Gasteiger partial charge in [0.05, 0.1) is 0 Å². The molecule has 1 atom stereocenters. The van der Waals surface area contributed by atoms with Crippen LogP contribution in [0.15, 0.2) is 23.5 Å². The van der Waals surface area contributed by atoms with Gasteiger partial charge in [-0.1, -0.05) is 85.4 Å². The van der Waals surface area contributed by atoms with Crippen LogP contribution in [0.3, 0.4) is 0 Å². The minimum Gasteiger partial charge on any atom is -0.144 e. The van der Waals surface area contributed by atoms with E-state index in [1.54, 1.807) is 0 Å². The Morgan fingerprint density at radius 2 is 1.39 bits per heavy atom. The van der Waals surface area contributed by atoms with E-state index in [1.165, 1.54) is 64.2 Å². The summed E-state index contributed by atoms with van der Waals surface area (Å²) >= 11 is 2.19. The Hall–Kier alpha value is 0.260. The van der Waals surface area contributed by atoms with E-state index in [4.69, 9.17) is 0 Å². The van der Waals surface area contributed by atoms with Crippen LogP contribution in [0, 0.1) is 0 Å². The first kappa shape index (κ1) is 18.1. The molecule has 23 heavy (non-hydrogen) atoms. The lowest BCUT2D eigenvalue weighted by atomic mass is 9.99.